The minimum atomic E-state index is -0.0877. The molecule has 6 aromatic carbocycles. The number of furan rings is 1. The van der Waals surface area contributed by atoms with E-state index in [2.05, 4.69) is 177 Å². The summed E-state index contributed by atoms with van der Waals surface area (Å²) in [7, 11) is 0. The van der Waals surface area contributed by atoms with Gasteiger partial charge in [-0.25, -0.2) is 0 Å². The Bertz CT molecular complexity index is 2030. The van der Waals surface area contributed by atoms with Gasteiger partial charge in [0, 0.05) is 33.5 Å². The minimum Gasteiger partial charge on any atom is -0.456 e. The number of para-hydroxylation sites is 3. The van der Waals surface area contributed by atoms with Crippen molar-refractivity contribution in [3.05, 3.63) is 163 Å². The van der Waals surface area contributed by atoms with Crippen LogP contribution in [0.2, 0.25) is 0 Å². The molecule has 7 rings (SSSR count). The summed E-state index contributed by atoms with van der Waals surface area (Å²) in [6.45, 7) is 6.77. The van der Waals surface area contributed by atoms with Crippen LogP contribution in [0.25, 0.3) is 44.5 Å². The normalized spacial score (nSPS) is 11.5. The molecule has 0 atom stereocenters. The van der Waals surface area contributed by atoms with Crippen LogP contribution in [-0.2, 0) is 5.41 Å². The van der Waals surface area contributed by atoms with Crippen LogP contribution in [0.5, 0.6) is 0 Å². The Labute approximate surface area is 259 Å². The summed E-state index contributed by atoms with van der Waals surface area (Å²) in [5.41, 5.74) is 11.2. The van der Waals surface area contributed by atoms with Gasteiger partial charge in [-0.1, -0.05) is 142 Å². The lowest BCUT2D eigenvalue weighted by Crippen LogP contribution is -2.12. The van der Waals surface area contributed by atoms with Crippen molar-refractivity contribution in [1.29, 1.82) is 0 Å². The van der Waals surface area contributed by atoms with Crippen LogP contribution in [0.3, 0.4) is 0 Å². The summed E-state index contributed by atoms with van der Waals surface area (Å²) in [6.07, 6.45) is 0. The number of anilines is 3. The van der Waals surface area contributed by atoms with Crippen molar-refractivity contribution in [1.82, 2.24) is 0 Å². The van der Waals surface area contributed by atoms with E-state index in [4.69, 9.17) is 4.42 Å². The van der Waals surface area contributed by atoms with E-state index in [1.807, 2.05) is 6.07 Å². The second-order valence-corrected chi connectivity index (χ2v) is 12.2. The predicted octanol–water partition coefficient (Wildman–Crippen LogP) is 12.2. The van der Waals surface area contributed by atoms with Gasteiger partial charge in [-0.15, -0.1) is 0 Å². The lowest BCUT2D eigenvalue weighted by atomic mass is 9.83. The molecule has 0 fully saturated rings. The molecule has 1 heterocycles. The van der Waals surface area contributed by atoms with Crippen LogP contribution < -0.4 is 4.90 Å². The monoisotopic (exact) mass is 569 g/mol. The van der Waals surface area contributed by atoms with Crippen LogP contribution in [0.4, 0.5) is 17.1 Å². The van der Waals surface area contributed by atoms with Crippen molar-refractivity contribution >= 4 is 28.0 Å². The maximum Gasteiger partial charge on any atom is 0.139 e. The lowest BCUT2D eigenvalue weighted by molar-refractivity contribution is 0.568. The largest absolute Gasteiger partial charge is 0.456 e. The molecule has 214 valence electrons. The molecular formula is C42H35NO. The maximum atomic E-state index is 6.58. The second-order valence-electron chi connectivity index (χ2n) is 12.2. The van der Waals surface area contributed by atoms with E-state index in [0.29, 0.717) is 0 Å². The highest BCUT2D eigenvalue weighted by Crippen LogP contribution is 2.45. The number of benzene rings is 6. The molecule has 2 nitrogen and oxygen atoms in total. The summed E-state index contributed by atoms with van der Waals surface area (Å²) in [5.74, 6) is 0.929. The summed E-state index contributed by atoms with van der Waals surface area (Å²) >= 11 is 0. The van der Waals surface area contributed by atoms with Gasteiger partial charge in [0.2, 0.25) is 0 Å². The molecule has 44 heavy (non-hydrogen) atoms. The van der Waals surface area contributed by atoms with Gasteiger partial charge in [0.15, 0.2) is 0 Å². The van der Waals surface area contributed by atoms with Gasteiger partial charge in [-0.05, 0) is 58.5 Å². The Morgan fingerprint density at radius 2 is 1.05 bits per heavy atom. The first-order valence-electron chi connectivity index (χ1n) is 15.2. The third kappa shape index (κ3) is 5.20. The lowest BCUT2D eigenvalue weighted by Gasteiger charge is -2.28. The van der Waals surface area contributed by atoms with Gasteiger partial charge in [-0.3, -0.25) is 0 Å². The van der Waals surface area contributed by atoms with Crippen molar-refractivity contribution < 1.29 is 4.42 Å². The zero-order valence-corrected chi connectivity index (χ0v) is 25.4. The van der Waals surface area contributed by atoms with E-state index >= 15 is 0 Å². The molecule has 0 aliphatic carbocycles. The molecule has 0 radical (unpaired) electrons. The number of fused-ring (bicyclic) bond motifs is 1. The summed E-state index contributed by atoms with van der Waals surface area (Å²) < 4.78 is 6.58. The van der Waals surface area contributed by atoms with Crippen molar-refractivity contribution in [2.45, 2.75) is 26.2 Å². The minimum absolute atomic E-state index is 0.0877. The standard InChI is InChI=1S/C42H35NO/c1-42(2,3)40-37-22-11-13-24-39(37)44-41(40)33-17-14-20-35(29-33)43(34-18-8-5-9-19-34)38-23-12-10-21-36(38)32-27-25-31(26-28-32)30-15-6-4-7-16-30/h4-29H,1-3H3. The third-order valence-corrected chi connectivity index (χ3v) is 8.17. The molecule has 0 bridgehead atoms. The Morgan fingerprint density at radius 1 is 0.477 bits per heavy atom. The van der Waals surface area contributed by atoms with Crippen LogP contribution in [0.15, 0.2) is 162 Å². The molecule has 7 aromatic rings. The molecular weight excluding hydrogens is 534 g/mol. The van der Waals surface area contributed by atoms with Gasteiger partial charge in [0.25, 0.3) is 0 Å². The number of hydrogen-bond acceptors (Lipinski definition) is 2. The molecule has 1 aromatic heterocycles. The van der Waals surface area contributed by atoms with Crippen LogP contribution >= 0.6 is 0 Å². The Morgan fingerprint density at radius 3 is 1.80 bits per heavy atom. The first-order valence-corrected chi connectivity index (χ1v) is 15.2. The highest BCUT2D eigenvalue weighted by atomic mass is 16.3. The van der Waals surface area contributed by atoms with Gasteiger partial charge in [0.1, 0.15) is 11.3 Å². The third-order valence-electron chi connectivity index (χ3n) is 8.17. The molecule has 0 saturated carbocycles. The van der Waals surface area contributed by atoms with Gasteiger partial charge in [-0.2, -0.15) is 0 Å². The van der Waals surface area contributed by atoms with Crippen molar-refractivity contribution in [3.8, 4) is 33.6 Å². The fourth-order valence-corrected chi connectivity index (χ4v) is 6.17. The summed E-state index contributed by atoms with van der Waals surface area (Å²) in [5, 5.41) is 1.17. The molecule has 0 N–H and O–H groups in total. The molecule has 2 heteroatoms. The first kappa shape index (κ1) is 27.5. The Balaban J connectivity index is 1.37. The Hall–Kier alpha value is -5.34. The number of hydrogen-bond donors (Lipinski definition) is 0. The van der Waals surface area contributed by atoms with E-state index in [1.54, 1.807) is 0 Å². The molecule has 0 saturated heterocycles. The number of rotatable bonds is 6. The van der Waals surface area contributed by atoms with Crippen LogP contribution in [-0.4, -0.2) is 0 Å². The molecule has 0 aliphatic heterocycles. The van der Waals surface area contributed by atoms with Crippen molar-refractivity contribution in [2.75, 3.05) is 4.90 Å². The van der Waals surface area contributed by atoms with E-state index in [1.165, 1.54) is 33.2 Å². The van der Waals surface area contributed by atoms with Gasteiger partial charge < -0.3 is 9.32 Å². The quantitative estimate of drug-likeness (QED) is 0.198. The average Bonchev–Trinajstić information content (AvgIpc) is 3.47. The maximum absolute atomic E-state index is 6.58. The topological polar surface area (TPSA) is 16.4 Å². The molecule has 0 unspecified atom stereocenters. The SMILES string of the molecule is CC(C)(C)c1c(-c2cccc(N(c3ccccc3)c3ccccc3-c3ccc(-c4ccccc4)cc3)c2)oc2ccccc12. The summed E-state index contributed by atoms with van der Waals surface area (Å²) in [4.78, 5) is 2.35. The van der Waals surface area contributed by atoms with E-state index in [-0.39, 0.29) is 5.41 Å². The van der Waals surface area contributed by atoms with Crippen molar-refractivity contribution in [3.63, 3.8) is 0 Å². The average molecular weight is 570 g/mol. The fraction of sp³-hybridized carbons (Fsp3) is 0.0952. The first-order chi connectivity index (χ1) is 21.5. The number of nitrogens with zero attached hydrogens (tertiary/aromatic N) is 1. The van der Waals surface area contributed by atoms with E-state index < -0.39 is 0 Å². The molecule has 0 aliphatic rings. The zero-order valence-electron chi connectivity index (χ0n) is 25.4. The highest BCUT2D eigenvalue weighted by molar-refractivity contribution is 5.92. The van der Waals surface area contributed by atoms with E-state index in [9.17, 15) is 0 Å². The van der Waals surface area contributed by atoms with Gasteiger partial charge >= 0.3 is 0 Å². The molecule has 0 amide bonds. The Kier molecular flexibility index (Phi) is 7.12. The van der Waals surface area contributed by atoms with E-state index in [0.717, 1.165) is 34.0 Å². The van der Waals surface area contributed by atoms with Gasteiger partial charge in [0.05, 0.1) is 5.69 Å². The van der Waals surface area contributed by atoms with Crippen molar-refractivity contribution in [2.24, 2.45) is 0 Å². The second kappa shape index (κ2) is 11.4. The van der Waals surface area contributed by atoms with Crippen LogP contribution in [0, 0.1) is 0 Å². The smallest absolute Gasteiger partial charge is 0.139 e. The predicted molar refractivity (Wildman–Crippen MR) is 186 cm³/mol. The van der Waals surface area contributed by atoms with Crippen LogP contribution in [0.1, 0.15) is 26.3 Å². The molecule has 0 spiro atoms. The fourth-order valence-electron chi connectivity index (χ4n) is 6.17. The zero-order chi connectivity index (χ0) is 30.1. The summed E-state index contributed by atoms with van der Waals surface area (Å²) in [6, 6.07) is 55.8. The highest BCUT2D eigenvalue weighted by Gasteiger charge is 2.27.